The topological polar surface area (TPSA) is 16.4 Å². The molecule has 0 unspecified atom stereocenters. The van der Waals surface area contributed by atoms with E-state index in [1.807, 2.05) is 23.5 Å². The lowest BCUT2D eigenvalue weighted by Gasteiger charge is -2.26. The van der Waals surface area contributed by atoms with Gasteiger partial charge in [-0.15, -0.1) is 11.3 Å². The molecule has 0 spiro atoms. The van der Waals surface area contributed by atoms with Gasteiger partial charge in [0.05, 0.1) is 0 Å². The van der Waals surface area contributed by atoms with Crippen molar-refractivity contribution >= 4 is 81.3 Å². The molecule has 230 valence electrons. The van der Waals surface area contributed by atoms with Gasteiger partial charge in [0.1, 0.15) is 11.2 Å². The summed E-state index contributed by atoms with van der Waals surface area (Å²) < 4.78 is 8.80. The highest BCUT2D eigenvalue weighted by Crippen LogP contribution is 2.42. The fraction of sp³-hybridized carbons (Fsp3) is 0. The van der Waals surface area contributed by atoms with E-state index >= 15 is 0 Å². The second-order valence-corrected chi connectivity index (χ2v) is 13.6. The molecule has 49 heavy (non-hydrogen) atoms. The van der Waals surface area contributed by atoms with Crippen molar-refractivity contribution in [1.29, 1.82) is 0 Å². The number of hydrogen-bond acceptors (Lipinski definition) is 3. The van der Waals surface area contributed by atoms with Crippen molar-refractivity contribution in [1.82, 2.24) is 0 Å². The molecular formula is C46H29NOS. The van der Waals surface area contributed by atoms with Crippen molar-refractivity contribution in [3.8, 4) is 22.3 Å². The van der Waals surface area contributed by atoms with E-state index < -0.39 is 0 Å². The molecule has 10 rings (SSSR count). The summed E-state index contributed by atoms with van der Waals surface area (Å²) in [5.74, 6) is 0. The predicted molar refractivity (Wildman–Crippen MR) is 210 cm³/mol. The van der Waals surface area contributed by atoms with Gasteiger partial charge in [0, 0.05) is 48.0 Å². The van der Waals surface area contributed by atoms with Crippen LogP contribution in [-0.4, -0.2) is 0 Å². The highest BCUT2D eigenvalue weighted by atomic mass is 32.1. The first-order chi connectivity index (χ1) is 24.3. The molecule has 10 aromatic rings. The number of thiophene rings is 1. The minimum atomic E-state index is 0.922. The average molecular weight is 644 g/mol. The fourth-order valence-electron chi connectivity index (χ4n) is 7.26. The largest absolute Gasteiger partial charge is 0.456 e. The summed E-state index contributed by atoms with van der Waals surface area (Å²) in [7, 11) is 0. The normalized spacial score (nSPS) is 11.7. The van der Waals surface area contributed by atoms with E-state index in [4.69, 9.17) is 4.42 Å². The Labute approximate surface area is 287 Å². The lowest BCUT2D eigenvalue weighted by Crippen LogP contribution is -2.09. The van der Waals surface area contributed by atoms with Crippen molar-refractivity contribution in [2.75, 3.05) is 4.90 Å². The van der Waals surface area contributed by atoms with Crippen LogP contribution in [-0.2, 0) is 0 Å². The van der Waals surface area contributed by atoms with E-state index in [0.717, 1.165) is 33.6 Å². The summed E-state index contributed by atoms with van der Waals surface area (Å²) in [4.78, 5) is 2.37. The number of rotatable bonds is 5. The van der Waals surface area contributed by atoms with E-state index in [9.17, 15) is 0 Å². The van der Waals surface area contributed by atoms with Gasteiger partial charge in [-0.3, -0.25) is 0 Å². The highest BCUT2D eigenvalue weighted by Gasteiger charge is 2.16. The molecular weight excluding hydrogens is 615 g/mol. The van der Waals surface area contributed by atoms with Crippen molar-refractivity contribution in [2.45, 2.75) is 0 Å². The van der Waals surface area contributed by atoms with E-state index in [0.29, 0.717) is 0 Å². The van der Waals surface area contributed by atoms with E-state index in [-0.39, 0.29) is 0 Å². The van der Waals surface area contributed by atoms with Crippen LogP contribution in [0.25, 0.3) is 75.1 Å². The molecule has 3 heteroatoms. The summed E-state index contributed by atoms with van der Waals surface area (Å²) in [5.41, 5.74) is 9.99. The number of para-hydroxylation sites is 1. The number of benzene rings is 8. The monoisotopic (exact) mass is 643 g/mol. The van der Waals surface area contributed by atoms with Gasteiger partial charge in [-0.1, -0.05) is 115 Å². The molecule has 2 heterocycles. The van der Waals surface area contributed by atoms with Gasteiger partial charge in [0.25, 0.3) is 0 Å². The Bertz CT molecular complexity index is 2810. The minimum Gasteiger partial charge on any atom is -0.456 e. The Kier molecular flexibility index (Phi) is 6.39. The molecule has 0 radical (unpaired) electrons. The lowest BCUT2D eigenvalue weighted by atomic mass is 9.98. The second kappa shape index (κ2) is 11.2. The molecule has 0 atom stereocenters. The third-order valence-electron chi connectivity index (χ3n) is 9.67. The molecule has 2 nitrogen and oxygen atoms in total. The maximum atomic E-state index is 6.20. The van der Waals surface area contributed by atoms with Crippen LogP contribution < -0.4 is 4.90 Å². The Hall–Kier alpha value is -6.16. The molecule has 0 N–H and O–H groups in total. The molecule has 0 amide bonds. The first-order valence-corrected chi connectivity index (χ1v) is 17.4. The smallest absolute Gasteiger partial charge is 0.136 e. The number of anilines is 3. The maximum Gasteiger partial charge on any atom is 0.136 e. The highest BCUT2D eigenvalue weighted by molar-refractivity contribution is 7.25. The van der Waals surface area contributed by atoms with Crippen LogP contribution in [0.1, 0.15) is 0 Å². The van der Waals surface area contributed by atoms with Crippen LogP contribution in [0.4, 0.5) is 17.1 Å². The van der Waals surface area contributed by atoms with Gasteiger partial charge in [0.15, 0.2) is 0 Å². The quantitative estimate of drug-likeness (QED) is 0.186. The molecule has 0 saturated carbocycles. The van der Waals surface area contributed by atoms with Gasteiger partial charge in [0.2, 0.25) is 0 Å². The van der Waals surface area contributed by atoms with Crippen molar-refractivity contribution in [2.24, 2.45) is 0 Å². The number of furan rings is 1. The third-order valence-corrected chi connectivity index (χ3v) is 10.8. The van der Waals surface area contributed by atoms with Crippen LogP contribution in [0.3, 0.4) is 0 Å². The summed E-state index contributed by atoms with van der Waals surface area (Å²) >= 11 is 1.85. The maximum absolute atomic E-state index is 6.20. The number of hydrogen-bond donors (Lipinski definition) is 0. The summed E-state index contributed by atoms with van der Waals surface area (Å²) in [6.07, 6.45) is 0. The van der Waals surface area contributed by atoms with Gasteiger partial charge in [-0.25, -0.2) is 0 Å². The van der Waals surface area contributed by atoms with Crippen LogP contribution in [0.2, 0.25) is 0 Å². The molecule has 0 aliphatic carbocycles. The summed E-state index contributed by atoms with van der Waals surface area (Å²) in [6.45, 7) is 0. The molecule has 0 bridgehead atoms. The molecule has 0 aliphatic rings. The second-order valence-electron chi connectivity index (χ2n) is 12.5. The van der Waals surface area contributed by atoms with Crippen molar-refractivity contribution < 1.29 is 4.42 Å². The van der Waals surface area contributed by atoms with E-state index in [1.165, 1.54) is 58.6 Å². The van der Waals surface area contributed by atoms with E-state index in [2.05, 4.69) is 169 Å². The average Bonchev–Trinajstić information content (AvgIpc) is 3.74. The molecule has 0 aliphatic heterocycles. The standard InChI is InChI=1S/C46H29NOS/c1-2-8-30(9-3-1)31-16-21-35(22-17-31)47(37-25-26-39-38-10-5-7-13-44(38)49-45(39)29-37)36-23-18-32(19-24-36)34-15-14-33-20-27-43-46(41(33)28-34)40-11-4-6-12-42(40)48-43/h1-29H. The molecule has 0 fully saturated rings. The van der Waals surface area contributed by atoms with Gasteiger partial charge < -0.3 is 9.32 Å². The van der Waals surface area contributed by atoms with Gasteiger partial charge >= 0.3 is 0 Å². The van der Waals surface area contributed by atoms with Gasteiger partial charge in [-0.2, -0.15) is 0 Å². The van der Waals surface area contributed by atoms with Crippen LogP contribution in [0.15, 0.2) is 180 Å². The number of nitrogens with zero attached hydrogens (tertiary/aromatic N) is 1. The van der Waals surface area contributed by atoms with Crippen LogP contribution in [0, 0.1) is 0 Å². The summed E-state index contributed by atoms with van der Waals surface area (Å²) in [6, 6.07) is 63.3. The predicted octanol–water partition coefficient (Wildman–Crippen LogP) is 13.9. The summed E-state index contributed by atoms with van der Waals surface area (Å²) in [5, 5.41) is 7.36. The Balaban J connectivity index is 1.08. The third kappa shape index (κ3) is 4.70. The Morgan fingerprint density at radius 1 is 0.367 bits per heavy atom. The zero-order valence-electron chi connectivity index (χ0n) is 26.5. The van der Waals surface area contributed by atoms with Crippen molar-refractivity contribution in [3.05, 3.63) is 176 Å². The molecule has 2 aromatic heterocycles. The van der Waals surface area contributed by atoms with Gasteiger partial charge in [-0.05, 0) is 93.7 Å². The van der Waals surface area contributed by atoms with Crippen LogP contribution >= 0.6 is 11.3 Å². The minimum absolute atomic E-state index is 0.922. The zero-order valence-corrected chi connectivity index (χ0v) is 27.3. The lowest BCUT2D eigenvalue weighted by molar-refractivity contribution is 0.669. The first kappa shape index (κ1) is 27.9. The SMILES string of the molecule is c1ccc(-c2ccc(N(c3ccc(-c4ccc5ccc6oc7ccccc7c6c5c4)cc3)c3ccc4c(c3)sc3ccccc34)cc2)cc1. The zero-order chi connectivity index (χ0) is 32.3. The van der Waals surface area contributed by atoms with Crippen molar-refractivity contribution in [3.63, 3.8) is 0 Å². The van der Waals surface area contributed by atoms with E-state index in [1.54, 1.807) is 0 Å². The Morgan fingerprint density at radius 2 is 0.959 bits per heavy atom. The van der Waals surface area contributed by atoms with Crippen LogP contribution in [0.5, 0.6) is 0 Å². The molecule has 8 aromatic carbocycles. The fourth-order valence-corrected chi connectivity index (χ4v) is 8.40. The molecule has 0 saturated heterocycles. The Morgan fingerprint density at radius 3 is 1.76 bits per heavy atom. The first-order valence-electron chi connectivity index (χ1n) is 16.6. The number of fused-ring (bicyclic) bond motifs is 8.